The number of nitriles is 1. The minimum absolute atomic E-state index is 0.104. The van der Waals surface area contributed by atoms with Crippen molar-refractivity contribution in [3.63, 3.8) is 0 Å². The summed E-state index contributed by atoms with van der Waals surface area (Å²) in [5.41, 5.74) is 2.64. The summed E-state index contributed by atoms with van der Waals surface area (Å²) in [4.78, 5) is 8.96. The van der Waals surface area contributed by atoms with Crippen molar-refractivity contribution in [3.8, 4) is 6.07 Å². The fraction of sp³-hybridized carbons (Fsp3) is 0.471. The van der Waals surface area contributed by atoms with Crippen molar-refractivity contribution in [2.24, 2.45) is 5.92 Å². The summed E-state index contributed by atoms with van der Waals surface area (Å²) in [5, 5.41) is 21.1. The largest absolute Gasteiger partial charge is 0.394 e. The Hall–Kier alpha value is -1.97. The number of fused-ring (bicyclic) bond motifs is 3. The predicted octanol–water partition coefficient (Wildman–Crippen LogP) is 3.44. The van der Waals surface area contributed by atoms with Crippen LogP contribution >= 0.6 is 11.3 Å². The predicted molar refractivity (Wildman–Crippen MR) is 90.2 cm³/mol. The molecule has 1 fully saturated rings. The second-order valence-corrected chi connectivity index (χ2v) is 7.35. The summed E-state index contributed by atoms with van der Waals surface area (Å²) in [7, 11) is 0. The first-order valence-electron chi connectivity index (χ1n) is 7.95. The highest BCUT2D eigenvalue weighted by Gasteiger charge is 2.37. The van der Waals surface area contributed by atoms with Gasteiger partial charge in [0.25, 0.3) is 0 Å². The highest BCUT2D eigenvalue weighted by Crippen LogP contribution is 2.41. The smallest absolute Gasteiger partial charge is 0.108 e. The van der Waals surface area contributed by atoms with Gasteiger partial charge in [0, 0.05) is 6.42 Å². The molecule has 4 rings (SSSR count). The molecule has 5 nitrogen and oxygen atoms in total. The molecule has 3 aromatic heterocycles. The van der Waals surface area contributed by atoms with Crippen molar-refractivity contribution in [3.05, 3.63) is 24.0 Å². The van der Waals surface area contributed by atoms with Gasteiger partial charge in [-0.3, -0.25) is 4.98 Å². The number of hydrogen-bond acceptors (Lipinski definition) is 5. The molecular weight excluding hydrogens is 308 g/mol. The van der Waals surface area contributed by atoms with Crippen LogP contribution < -0.4 is 0 Å². The van der Waals surface area contributed by atoms with E-state index in [0.29, 0.717) is 12.3 Å². The average molecular weight is 326 g/mol. The first kappa shape index (κ1) is 14.6. The lowest BCUT2D eigenvalue weighted by molar-refractivity contribution is 0.0769. The van der Waals surface area contributed by atoms with Crippen LogP contribution in [0.3, 0.4) is 0 Å². The zero-order valence-electron chi connectivity index (χ0n) is 12.8. The van der Waals surface area contributed by atoms with E-state index < -0.39 is 0 Å². The number of pyridine rings is 1. The van der Waals surface area contributed by atoms with E-state index in [1.165, 1.54) is 0 Å². The van der Waals surface area contributed by atoms with E-state index in [1.54, 1.807) is 11.3 Å². The maximum absolute atomic E-state index is 10.2. The maximum atomic E-state index is 10.2. The molecule has 0 atom stereocenters. The van der Waals surface area contributed by atoms with Crippen molar-refractivity contribution in [1.82, 2.24) is 14.5 Å². The highest BCUT2D eigenvalue weighted by molar-refractivity contribution is 7.18. The summed E-state index contributed by atoms with van der Waals surface area (Å²) >= 11 is 1.67. The Labute approximate surface area is 138 Å². The molecule has 1 aliphatic carbocycles. The Bertz CT molecular complexity index is 883. The molecule has 0 aliphatic heterocycles. The molecule has 0 aromatic carbocycles. The second-order valence-electron chi connectivity index (χ2n) is 6.43. The van der Waals surface area contributed by atoms with Gasteiger partial charge in [0.05, 0.1) is 46.5 Å². The van der Waals surface area contributed by atoms with E-state index in [2.05, 4.69) is 20.6 Å². The lowest BCUT2D eigenvalue weighted by Gasteiger charge is -2.40. The van der Waals surface area contributed by atoms with Crippen LogP contribution in [-0.2, 0) is 5.54 Å². The summed E-state index contributed by atoms with van der Waals surface area (Å²) in [6, 6.07) is 4.30. The minimum Gasteiger partial charge on any atom is -0.394 e. The van der Waals surface area contributed by atoms with Gasteiger partial charge >= 0.3 is 0 Å². The van der Waals surface area contributed by atoms with E-state index in [1.807, 2.05) is 24.0 Å². The van der Waals surface area contributed by atoms with Gasteiger partial charge in [-0.25, -0.2) is 4.98 Å². The number of hydrogen-bond donors (Lipinski definition) is 1. The molecule has 0 unspecified atom stereocenters. The molecule has 3 heterocycles. The molecular formula is C17H18N4OS. The zero-order valence-corrected chi connectivity index (χ0v) is 13.6. The summed E-state index contributed by atoms with van der Waals surface area (Å²) in [6.07, 6.45) is 8.01. The average Bonchev–Trinajstić information content (AvgIpc) is 3.22. The number of aliphatic hydroxyl groups is 1. The van der Waals surface area contributed by atoms with Crippen LogP contribution in [0.1, 0.15) is 32.1 Å². The molecule has 1 N–H and O–H groups in total. The molecule has 6 heteroatoms. The van der Waals surface area contributed by atoms with Crippen LogP contribution in [0.5, 0.6) is 0 Å². The van der Waals surface area contributed by atoms with E-state index in [4.69, 9.17) is 5.26 Å². The van der Waals surface area contributed by atoms with Crippen LogP contribution in [0.2, 0.25) is 0 Å². The van der Waals surface area contributed by atoms with Gasteiger partial charge < -0.3 is 9.67 Å². The number of thiophene rings is 1. The number of nitrogens with zero attached hydrogens (tertiary/aromatic N) is 4. The van der Waals surface area contributed by atoms with E-state index in [0.717, 1.165) is 46.9 Å². The van der Waals surface area contributed by atoms with Gasteiger partial charge in [-0.2, -0.15) is 5.26 Å². The molecule has 0 amide bonds. The molecule has 0 bridgehead atoms. The van der Waals surface area contributed by atoms with Crippen LogP contribution in [0.15, 0.2) is 24.0 Å². The van der Waals surface area contributed by atoms with Gasteiger partial charge in [0.1, 0.15) is 5.52 Å². The van der Waals surface area contributed by atoms with E-state index >= 15 is 0 Å². The molecule has 0 saturated heterocycles. The summed E-state index contributed by atoms with van der Waals surface area (Å²) < 4.78 is 3.30. The minimum atomic E-state index is -0.307. The Balaban J connectivity index is 1.81. The first-order valence-corrected chi connectivity index (χ1v) is 8.83. The second kappa shape index (κ2) is 5.59. The Kier molecular flexibility index (Phi) is 3.55. The summed E-state index contributed by atoms with van der Waals surface area (Å²) in [6.45, 7) is 0.104. The molecule has 23 heavy (non-hydrogen) atoms. The molecule has 1 saturated carbocycles. The van der Waals surface area contributed by atoms with Gasteiger partial charge in [-0.15, -0.1) is 11.3 Å². The number of aromatic nitrogens is 3. The first-order chi connectivity index (χ1) is 11.3. The number of aliphatic hydroxyl groups excluding tert-OH is 1. The SMILES string of the molecule is N#CCC1CCC(CO)(n2cnc3cnc4ccsc4c32)CC1. The lowest BCUT2D eigenvalue weighted by atomic mass is 9.75. The van der Waals surface area contributed by atoms with Crippen LogP contribution in [0.4, 0.5) is 0 Å². The highest BCUT2D eigenvalue weighted by atomic mass is 32.1. The van der Waals surface area contributed by atoms with Crippen molar-refractivity contribution in [1.29, 1.82) is 5.26 Å². The quantitative estimate of drug-likeness (QED) is 0.800. The van der Waals surface area contributed by atoms with Crippen molar-refractivity contribution >= 4 is 32.6 Å². The topological polar surface area (TPSA) is 74.7 Å². The van der Waals surface area contributed by atoms with Gasteiger partial charge in [0.2, 0.25) is 0 Å². The van der Waals surface area contributed by atoms with Crippen molar-refractivity contribution in [2.75, 3.05) is 6.61 Å². The molecule has 118 valence electrons. The normalized spacial score (nSPS) is 25.0. The summed E-state index contributed by atoms with van der Waals surface area (Å²) in [5.74, 6) is 0.456. The third-order valence-electron chi connectivity index (χ3n) is 5.20. The van der Waals surface area contributed by atoms with Crippen LogP contribution in [0, 0.1) is 17.2 Å². The standard InChI is InChI=1S/C17H18N4OS/c18-7-3-12-1-5-17(10-22,6-2-12)21-11-20-14-9-19-13-4-8-23-16(13)15(14)21/h4,8-9,11-12,22H,1-3,5-6,10H2. The van der Waals surface area contributed by atoms with Gasteiger partial charge in [-0.05, 0) is 43.0 Å². The molecule has 0 spiro atoms. The Morgan fingerprint density at radius 1 is 1.35 bits per heavy atom. The lowest BCUT2D eigenvalue weighted by Crippen LogP contribution is -2.40. The van der Waals surface area contributed by atoms with Crippen LogP contribution in [-0.4, -0.2) is 26.2 Å². The zero-order chi connectivity index (χ0) is 15.9. The number of rotatable bonds is 3. The van der Waals surface area contributed by atoms with Gasteiger partial charge in [0.15, 0.2) is 0 Å². The Morgan fingerprint density at radius 2 is 2.17 bits per heavy atom. The van der Waals surface area contributed by atoms with E-state index in [9.17, 15) is 5.11 Å². The Morgan fingerprint density at radius 3 is 2.91 bits per heavy atom. The van der Waals surface area contributed by atoms with E-state index in [-0.39, 0.29) is 12.1 Å². The molecule has 0 radical (unpaired) electrons. The maximum Gasteiger partial charge on any atom is 0.108 e. The van der Waals surface area contributed by atoms with Crippen molar-refractivity contribution < 1.29 is 5.11 Å². The molecule has 3 aromatic rings. The van der Waals surface area contributed by atoms with Crippen LogP contribution in [0.25, 0.3) is 21.3 Å². The van der Waals surface area contributed by atoms with Crippen molar-refractivity contribution in [2.45, 2.75) is 37.6 Å². The number of imidazole rings is 1. The fourth-order valence-electron chi connectivity index (χ4n) is 3.78. The third kappa shape index (κ3) is 2.23. The monoisotopic (exact) mass is 326 g/mol. The van der Waals surface area contributed by atoms with Gasteiger partial charge in [-0.1, -0.05) is 0 Å². The fourth-order valence-corrected chi connectivity index (χ4v) is 4.67. The third-order valence-corrected chi connectivity index (χ3v) is 6.11. The molecule has 1 aliphatic rings.